The lowest BCUT2D eigenvalue weighted by Gasteiger charge is -2.03. The van der Waals surface area contributed by atoms with Gasteiger partial charge in [0.2, 0.25) is 0 Å². The fourth-order valence-corrected chi connectivity index (χ4v) is 1.31. The Morgan fingerprint density at radius 2 is 2.17 bits per heavy atom. The Kier molecular flexibility index (Phi) is 2.33. The average molecular weight is 188 g/mol. The topological polar surface area (TPSA) is 43.1 Å². The lowest BCUT2D eigenvalue weighted by atomic mass is 10.1. The number of nitrogen functional groups attached to an aromatic ring is 1. The SMILES string of the molecule is CC(=O)c1c(N)cc(F)cc1Cl. The molecule has 0 saturated heterocycles. The van der Waals surface area contributed by atoms with Crippen LogP contribution in [0.5, 0.6) is 0 Å². The van der Waals surface area contributed by atoms with Crippen LogP contribution in [0.3, 0.4) is 0 Å². The summed E-state index contributed by atoms with van der Waals surface area (Å²) in [7, 11) is 0. The first kappa shape index (κ1) is 9.00. The van der Waals surface area contributed by atoms with Gasteiger partial charge in [-0.3, -0.25) is 4.79 Å². The molecule has 0 saturated carbocycles. The first-order valence-corrected chi connectivity index (χ1v) is 3.65. The Morgan fingerprint density at radius 3 is 2.58 bits per heavy atom. The lowest BCUT2D eigenvalue weighted by molar-refractivity contribution is 0.101. The van der Waals surface area contributed by atoms with Gasteiger partial charge < -0.3 is 5.73 Å². The number of nitrogens with two attached hydrogens (primary N) is 1. The molecule has 0 aliphatic heterocycles. The zero-order chi connectivity index (χ0) is 9.30. The van der Waals surface area contributed by atoms with E-state index < -0.39 is 5.82 Å². The zero-order valence-corrected chi connectivity index (χ0v) is 7.15. The maximum atomic E-state index is 12.6. The Balaban J connectivity index is 3.38. The van der Waals surface area contributed by atoms with Crippen LogP contribution < -0.4 is 5.73 Å². The number of halogens is 2. The molecule has 0 fully saturated rings. The van der Waals surface area contributed by atoms with Crippen LogP contribution in [0.15, 0.2) is 12.1 Å². The predicted molar refractivity (Wildman–Crippen MR) is 45.8 cm³/mol. The lowest BCUT2D eigenvalue weighted by Crippen LogP contribution is -2.01. The highest BCUT2D eigenvalue weighted by atomic mass is 35.5. The van der Waals surface area contributed by atoms with Crippen LogP contribution in [0.1, 0.15) is 17.3 Å². The predicted octanol–water partition coefficient (Wildman–Crippen LogP) is 2.26. The van der Waals surface area contributed by atoms with E-state index in [4.69, 9.17) is 17.3 Å². The highest BCUT2D eigenvalue weighted by molar-refractivity contribution is 6.34. The molecule has 0 unspecified atom stereocenters. The molecule has 0 aliphatic carbocycles. The fraction of sp³-hybridized carbons (Fsp3) is 0.125. The van der Waals surface area contributed by atoms with Crippen LogP contribution in [0.2, 0.25) is 5.02 Å². The molecule has 12 heavy (non-hydrogen) atoms. The van der Waals surface area contributed by atoms with Crippen molar-refractivity contribution in [1.29, 1.82) is 0 Å². The van der Waals surface area contributed by atoms with E-state index in [-0.39, 0.29) is 22.1 Å². The largest absolute Gasteiger partial charge is 0.398 e. The van der Waals surface area contributed by atoms with E-state index in [2.05, 4.69) is 0 Å². The first-order valence-electron chi connectivity index (χ1n) is 3.28. The first-order chi connectivity index (χ1) is 5.52. The van der Waals surface area contributed by atoms with Gasteiger partial charge in [-0.2, -0.15) is 0 Å². The van der Waals surface area contributed by atoms with E-state index >= 15 is 0 Å². The molecule has 0 heterocycles. The fourth-order valence-electron chi connectivity index (χ4n) is 0.965. The number of rotatable bonds is 1. The normalized spacial score (nSPS) is 9.92. The average Bonchev–Trinajstić information content (AvgIpc) is 1.82. The summed E-state index contributed by atoms with van der Waals surface area (Å²) in [6, 6.07) is 2.14. The van der Waals surface area contributed by atoms with Crippen molar-refractivity contribution in [3.63, 3.8) is 0 Å². The van der Waals surface area contributed by atoms with E-state index in [1.807, 2.05) is 0 Å². The molecular weight excluding hydrogens is 181 g/mol. The maximum Gasteiger partial charge on any atom is 0.163 e. The summed E-state index contributed by atoms with van der Waals surface area (Å²) in [6.07, 6.45) is 0. The summed E-state index contributed by atoms with van der Waals surface area (Å²) in [5.41, 5.74) is 5.63. The number of anilines is 1. The van der Waals surface area contributed by atoms with E-state index in [9.17, 15) is 9.18 Å². The number of hydrogen-bond acceptors (Lipinski definition) is 2. The Hall–Kier alpha value is -1.09. The van der Waals surface area contributed by atoms with Crippen molar-refractivity contribution in [1.82, 2.24) is 0 Å². The van der Waals surface area contributed by atoms with Crippen molar-refractivity contribution in [2.75, 3.05) is 5.73 Å². The van der Waals surface area contributed by atoms with Crippen LogP contribution in [0, 0.1) is 5.82 Å². The standard InChI is InChI=1S/C8H7ClFNO/c1-4(12)8-6(9)2-5(10)3-7(8)11/h2-3H,11H2,1H3. The molecule has 64 valence electrons. The molecule has 0 radical (unpaired) electrons. The second-order valence-electron chi connectivity index (χ2n) is 2.41. The molecule has 0 aromatic heterocycles. The second kappa shape index (κ2) is 3.11. The van der Waals surface area contributed by atoms with Gasteiger partial charge in [0.15, 0.2) is 5.78 Å². The van der Waals surface area contributed by atoms with Crippen LogP contribution in [0.25, 0.3) is 0 Å². The van der Waals surface area contributed by atoms with Crippen molar-refractivity contribution < 1.29 is 9.18 Å². The zero-order valence-electron chi connectivity index (χ0n) is 6.40. The second-order valence-corrected chi connectivity index (χ2v) is 2.82. The molecule has 2 nitrogen and oxygen atoms in total. The molecule has 0 spiro atoms. The van der Waals surface area contributed by atoms with E-state index in [0.29, 0.717) is 0 Å². The maximum absolute atomic E-state index is 12.6. The van der Waals surface area contributed by atoms with Crippen molar-refractivity contribution >= 4 is 23.1 Å². The molecule has 4 heteroatoms. The van der Waals surface area contributed by atoms with Gasteiger partial charge >= 0.3 is 0 Å². The van der Waals surface area contributed by atoms with Gasteiger partial charge in [-0.25, -0.2) is 4.39 Å². The molecule has 1 aromatic rings. The highest BCUT2D eigenvalue weighted by Gasteiger charge is 2.10. The third-order valence-electron chi connectivity index (χ3n) is 1.44. The number of hydrogen-bond donors (Lipinski definition) is 1. The van der Waals surface area contributed by atoms with Crippen molar-refractivity contribution in [3.05, 3.63) is 28.5 Å². The Bertz CT molecular complexity index is 315. The summed E-state index contributed by atoms with van der Waals surface area (Å²) in [4.78, 5) is 10.9. The summed E-state index contributed by atoms with van der Waals surface area (Å²) in [5.74, 6) is -0.806. The number of carbonyl (C=O) groups is 1. The van der Waals surface area contributed by atoms with Crippen LogP contribution in [-0.2, 0) is 0 Å². The number of Topliss-reactive ketones (excluding diaryl/α,β-unsaturated/α-hetero) is 1. The van der Waals surface area contributed by atoms with E-state index in [1.54, 1.807) is 0 Å². The van der Waals surface area contributed by atoms with E-state index in [0.717, 1.165) is 12.1 Å². The molecule has 0 amide bonds. The molecular formula is C8H7ClFNO. The third-order valence-corrected chi connectivity index (χ3v) is 1.74. The molecule has 0 atom stereocenters. The van der Waals surface area contributed by atoms with Crippen molar-refractivity contribution in [2.24, 2.45) is 0 Å². The summed E-state index contributed by atoms with van der Waals surface area (Å²) in [6.45, 7) is 1.33. The van der Waals surface area contributed by atoms with Crippen molar-refractivity contribution in [2.45, 2.75) is 6.92 Å². The quantitative estimate of drug-likeness (QED) is 0.541. The minimum atomic E-state index is -0.539. The van der Waals surface area contributed by atoms with Gasteiger partial charge in [0.05, 0.1) is 10.6 Å². The minimum absolute atomic E-state index is 0.0556. The minimum Gasteiger partial charge on any atom is -0.398 e. The van der Waals surface area contributed by atoms with Crippen LogP contribution in [-0.4, -0.2) is 5.78 Å². The van der Waals surface area contributed by atoms with Gasteiger partial charge in [0.25, 0.3) is 0 Å². The van der Waals surface area contributed by atoms with Crippen molar-refractivity contribution in [3.8, 4) is 0 Å². The molecule has 2 N–H and O–H groups in total. The van der Waals surface area contributed by atoms with Gasteiger partial charge in [-0.15, -0.1) is 0 Å². The monoisotopic (exact) mass is 187 g/mol. The summed E-state index contributed by atoms with van der Waals surface area (Å²) >= 11 is 5.59. The Labute approximate surface area is 74.1 Å². The summed E-state index contributed by atoms with van der Waals surface area (Å²) in [5, 5.41) is 0.0556. The van der Waals surface area contributed by atoms with E-state index in [1.165, 1.54) is 6.92 Å². The smallest absolute Gasteiger partial charge is 0.163 e. The van der Waals surface area contributed by atoms with Crippen LogP contribution in [0.4, 0.5) is 10.1 Å². The van der Waals surface area contributed by atoms with Crippen LogP contribution >= 0.6 is 11.6 Å². The number of ketones is 1. The highest BCUT2D eigenvalue weighted by Crippen LogP contribution is 2.23. The van der Waals surface area contributed by atoms with Gasteiger partial charge in [-0.05, 0) is 19.1 Å². The number of benzene rings is 1. The van der Waals surface area contributed by atoms with Gasteiger partial charge in [-0.1, -0.05) is 11.6 Å². The Morgan fingerprint density at radius 1 is 1.58 bits per heavy atom. The molecule has 1 rings (SSSR count). The van der Waals surface area contributed by atoms with Gasteiger partial charge in [0.1, 0.15) is 5.82 Å². The summed E-state index contributed by atoms with van der Waals surface area (Å²) < 4.78 is 12.6. The van der Waals surface area contributed by atoms with Gasteiger partial charge in [0, 0.05) is 5.69 Å². The molecule has 0 aliphatic rings. The molecule has 0 bridgehead atoms. The number of carbonyl (C=O) groups excluding carboxylic acids is 1. The molecule has 1 aromatic carbocycles. The third kappa shape index (κ3) is 1.56.